The number of carbonyl (C=O) groups excluding carboxylic acids is 1. The van der Waals surface area contributed by atoms with Crippen LogP contribution in [0.2, 0.25) is 0 Å². The van der Waals surface area contributed by atoms with Gasteiger partial charge >= 0.3 is 0 Å². The molecular weight excluding hydrogens is 502 g/mol. The molecule has 0 saturated carbocycles. The molecule has 0 aliphatic heterocycles. The minimum Gasteiger partial charge on any atom is -0.497 e. The van der Waals surface area contributed by atoms with Crippen LogP contribution in [0, 0.1) is 11.3 Å². The summed E-state index contributed by atoms with van der Waals surface area (Å²) in [5.74, 6) is 0.745. The second-order valence-corrected chi connectivity index (χ2v) is 10.3. The van der Waals surface area contributed by atoms with Crippen molar-refractivity contribution >= 4 is 49.4 Å². The van der Waals surface area contributed by atoms with E-state index in [1.807, 2.05) is 65.4 Å². The topological polar surface area (TPSA) is 136 Å². The third-order valence-corrected chi connectivity index (χ3v) is 6.70. The van der Waals surface area contributed by atoms with Crippen molar-refractivity contribution in [2.24, 2.45) is 0 Å². The zero-order valence-electron chi connectivity index (χ0n) is 19.3. The van der Waals surface area contributed by atoms with Crippen molar-refractivity contribution in [1.82, 2.24) is 13.9 Å². The number of rotatable bonds is 9. The van der Waals surface area contributed by atoms with Crippen LogP contribution in [0.1, 0.15) is 5.56 Å². The number of nitrogens with one attached hydrogen (secondary N) is 1. The molecule has 0 spiro atoms. The predicted molar refractivity (Wildman–Crippen MR) is 136 cm³/mol. The summed E-state index contributed by atoms with van der Waals surface area (Å²) in [4.78, 5) is 16.5. The standard InChI is InChI=1S/C24H21N5O5S2/c1-33-18-7-9-19(10-8-18)34-12-11-29-15-17(20-5-3-4-6-21(20)29)13-16(14-25)22(30)26-23-27-24(28-35-23)36(2,31)32/h3-10,13,15H,11-12H2,1-2H3,(H,26,27,28,30)/b16-13-. The van der Waals surface area contributed by atoms with Gasteiger partial charge in [0.1, 0.15) is 29.7 Å². The third kappa shape index (κ3) is 5.70. The molecule has 4 aromatic rings. The molecule has 0 atom stereocenters. The summed E-state index contributed by atoms with van der Waals surface area (Å²) >= 11 is 0.721. The molecule has 184 valence electrons. The highest BCUT2D eigenvalue weighted by Crippen LogP contribution is 2.25. The first-order chi connectivity index (χ1) is 17.3. The van der Waals surface area contributed by atoms with Gasteiger partial charge in [0.05, 0.1) is 13.7 Å². The second kappa shape index (κ2) is 10.6. The largest absolute Gasteiger partial charge is 0.497 e. The lowest BCUT2D eigenvalue weighted by Crippen LogP contribution is -2.13. The van der Waals surface area contributed by atoms with E-state index in [1.54, 1.807) is 7.11 Å². The number of sulfone groups is 1. The van der Waals surface area contributed by atoms with Crippen LogP contribution < -0.4 is 14.8 Å². The number of amides is 1. The van der Waals surface area contributed by atoms with Gasteiger partial charge in [-0.15, -0.1) is 0 Å². The molecule has 12 heteroatoms. The Bertz CT molecular complexity index is 1580. The van der Waals surface area contributed by atoms with Gasteiger partial charge in [-0.2, -0.15) is 14.6 Å². The van der Waals surface area contributed by atoms with Crippen LogP contribution in [0.15, 0.2) is 65.5 Å². The van der Waals surface area contributed by atoms with E-state index < -0.39 is 15.7 Å². The Morgan fingerprint density at radius 2 is 1.92 bits per heavy atom. The molecule has 2 aromatic carbocycles. The number of fused-ring (bicyclic) bond motifs is 1. The Balaban J connectivity index is 1.52. The molecule has 2 heterocycles. The molecule has 0 saturated heterocycles. The van der Waals surface area contributed by atoms with Crippen LogP contribution in [-0.2, 0) is 21.2 Å². The lowest BCUT2D eigenvalue weighted by Gasteiger charge is -2.09. The van der Waals surface area contributed by atoms with Gasteiger partial charge in [0.15, 0.2) is 0 Å². The molecule has 1 N–H and O–H groups in total. The van der Waals surface area contributed by atoms with Gasteiger partial charge in [-0.3, -0.25) is 10.1 Å². The van der Waals surface area contributed by atoms with Gasteiger partial charge in [-0.25, -0.2) is 8.42 Å². The highest BCUT2D eigenvalue weighted by Gasteiger charge is 2.18. The van der Waals surface area contributed by atoms with Crippen LogP contribution in [0.3, 0.4) is 0 Å². The first-order valence-electron chi connectivity index (χ1n) is 10.6. The summed E-state index contributed by atoms with van der Waals surface area (Å²) in [5, 5.41) is 12.5. The fourth-order valence-electron chi connectivity index (χ4n) is 3.39. The van der Waals surface area contributed by atoms with Gasteiger partial charge in [0.25, 0.3) is 11.1 Å². The van der Waals surface area contributed by atoms with Crippen LogP contribution >= 0.6 is 11.5 Å². The number of carbonyl (C=O) groups is 1. The molecule has 0 bridgehead atoms. The van der Waals surface area contributed by atoms with E-state index in [2.05, 4.69) is 14.7 Å². The Morgan fingerprint density at radius 3 is 2.58 bits per heavy atom. The molecule has 0 aliphatic rings. The van der Waals surface area contributed by atoms with E-state index in [9.17, 15) is 18.5 Å². The van der Waals surface area contributed by atoms with Crippen molar-refractivity contribution in [2.75, 3.05) is 25.3 Å². The number of hydrogen-bond acceptors (Lipinski definition) is 9. The zero-order chi connectivity index (χ0) is 25.7. The highest BCUT2D eigenvalue weighted by molar-refractivity contribution is 7.90. The van der Waals surface area contributed by atoms with Gasteiger partial charge < -0.3 is 14.0 Å². The van der Waals surface area contributed by atoms with E-state index in [-0.39, 0.29) is 15.9 Å². The maximum absolute atomic E-state index is 12.7. The summed E-state index contributed by atoms with van der Waals surface area (Å²) < 4.78 is 39.8. The third-order valence-electron chi connectivity index (χ3n) is 5.10. The molecule has 36 heavy (non-hydrogen) atoms. The fraction of sp³-hybridized carbons (Fsp3) is 0.167. The van der Waals surface area contributed by atoms with Crippen LogP contribution in [-0.4, -0.2) is 48.2 Å². The summed E-state index contributed by atoms with van der Waals surface area (Å²) in [6.07, 6.45) is 4.30. The molecule has 10 nitrogen and oxygen atoms in total. The zero-order valence-corrected chi connectivity index (χ0v) is 21.0. The summed E-state index contributed by atoms with van der Waals surface area (Å²) in [6, 6.07) is 16.8. The molecule has 4 rings (SSSR count). The average molecular weight is 524 g/mol. The quantitative estimate of drug-likeness (QED) is 0.260. The molecule has 0 aliphatic carbocycles. The fourth-order valence-corrected chi connectivity index (χ4v) is 4.83. The number of ether oxygens (including phenoxy) is 2. The SMILES string of the molecule is COc1ccc(OCCn2cc(/C=C(/C#N)C(=O)Nc3nc(S(C)(=O)=O)ns3)c3ccccc32)cc1. The van der Waals surface area contributed by atoms with Gasteiger partial charge in [0.2, 0.25) is 15.0 Å². The summed E-state index contributed by atoms with van der Waals surface area (Å²) in [7, 11) is -2.00. The number of para-hydroxylation sites is 1. The van der Waals surface area contributed by atoms with Crippen molar-refractivity contribution in [3.8, 4) is 17.6 Å². The van der Waals surface area contributed by atoms with Crippen molar-refractivity contribution in [3.63, 3.8) is 0 Å². The smallest absolute Gasteiger partial charge is 0.268 e. The van der Waals surface area contributed by atoms with Crippen LogP contribution in [0.4, 0.5) is 5.13 Å². The van der Waals surface area contributed by atoms with E-state index in [4.69, 9.17) is 9.47 Å². The first-order valence-corrected chi connectivity index (χ1v) is 13.3. The normalized spacial score (nSPS) is 11.8. The van der Waals surface area contributed by atoms with Crippen molar-refractivity contribution in [1.29, 1.82) is 5.26 Å². The number of benzene rings is 2. The number of nitrogens with zero attached hydrogens (tertiary/aromatic N) is 4. The van der Waals surface area contributed by atoms with Crippen LogP contribution in [0.25, 0.3) is 17.0 Å². The number of nitriles is 1. The molecule has 1 amide bonds. The van der Waals surface area contributed by atoms with Gasteiger partial charge in [0, 0.05) is 40.5 Å². The minimum absolute atomic E-state index is 0.0142. The Labute approximate surface area is 211 Å². The van der Waals surface area contributed by atoms with Gasteiger partial charge in [-0.05, 0) is 36.4 Å². The van der Waals surface area contributed by atoms with Crippen LogP contribution in [0.5, 0.6) is 11.5 Å². The number of methoxy groups -OCH3 is 1. The Kier molecular flexibility index (Phi) is 7.33. The van der Waals surface area contributed by atoms with E-state index in [0.717, 1.165) is 34.4 Å². The van der Waals surface area contributed by atoms with Crippen molar-refractivity contribution in [3.05, 3.63) is 65.9 Å². The Hall–Kier alpha value is -4.21. The number of anilines is 1. The highest BCUT2D eigenvalue weighted by atomic mass is 32.2. The van der Waals surface area contributed by atoms with E-state index in [1.165, 1.54) is 6.08 Å². The minimum atomic E-state index is -3.60. The maximum Gasteiger partial charge on any atom is 0.268 e. The first kappa shape index (κ1) is 24.9. The van der Waals surface area contributed by atoms with Crippen molar-refractivity contribution in [2.45, 2.75) is 11.7 Å². The maximum atomic E-state index is 12.7. The molecule has 0 radical (unpaired) electrons. The molecule has 2 aromatic heterocycles. The second-order valence-electron chi connectivity index (χ2n) is 7.60. The lowest BCUT2D eigenvalue weighted by molar-refractivity contribution is -0.112. The molecule has 0 fully saturated rings. The summed E-state index contributed by atoms with van der Waals surface area (Å²) in [5.41, 5.74) is 1.43. The average Bonchev–Trinajstić information content (AvgIpc) is 3.48. The number of aromatic nitrogens is 3. The Morgan fingerprint density at radius 1 is 1.19 bits per heavy atom. The predicted octanol–water partition coefficient (Wildman–Crippen LogP) is 3.53. The molecular formula is C24H21N5O5S2. The van der Waals surface area contributed by atoms with Gasteiger partial charge in [-0.1, -0.05) is 18.2 Å². The van der Waals surface area contributed by atoms with E-state index >= 15 is 0 Å². The van der Waals surface area contributed by atoms with Crippen molar-refractivity contribution < 1.29 is 22.7 Å². The van der Waals surface area contributed by atoms with E-state index in [0.29, 0.717) is 24.5 Å². The monoisotopic (exact) mass is 523 g/mol. The number of hydrogen-bond donors (Lipinski definition) is 1. The summed E-state index contributed by atoms with van der Waals surface area (Å²) in [6.45, 7) is 0.937. The lowest BCUT2D eigenvalue weighted by atomic mass is 10.1. The molecule has 0 unspecified atom stereocenters.